The van der Waals surface area contributed by atoms with E-state index in [-0.39, 0.29) is 0 Å². The number of carbonyl (C=O) groups is 1. The van der Waals surface area contributed by atoms with Crippen LogP contribution in [-0.2, 0) is 12.8 Å². The van der Waals surface area contributed by atoms with Gasteiger partial charge in [0.1, 0.15) is 0 Å². The molecule has 0 saturated heterocycles. The van der Waals surface area contributed by atoms with Gasteiger partial charge in [0.2, 0.25) is 0 Å². The number of aryl methyl sites for hydroxylation is 2. The van der Waals surface area contributed by atoms with Gasteiger partial charge in [0.25, 0.3) is 0 Å². The van der Waals surface area contributed by atoms with Crippen LogP contribution in [0.5, 0.6) is 0 Å². The van der Waals surface area contributed by atoms with E-state index in [2.05, 4.69) is 17.1 Å². The Kier molecular flexibility index (Phi) is 5.02. The van der Waals surface area contributed by atoms with Gasteiger partial charge in [-0.05, 0) is 42.5 Å². The van der Waals surface area contributed by atoms with Gasteiger partial charge in [-0.2, -0.15) is 0 Å². The second-order valence-electron chi connectivity index (χ2n) is 5.70. The zero-order valence-corrected chi connectivity index (χ0v) is 13.4. The monoisotopic (exact) mass is 317 g/mol. The smallest absolute Gasteiger partial charge is 0.336 e. The molecule has 0 aliphatic heterocycles. The molecule has 120 valence electrons. The van der Waals surface area contributed by atoms with Gasteiger partial charge in [0, 0.05) is 11.8 Å². The number of rotatable bonds is 6. The maximum atomic E-state index is 11.5. The fourth-order valence-corrected chi connectivity index (χ4v) is 2.89. The Hall–Kier alpha value is -2.94. The van der Waals surface area contributed by atoms with E-state index in [0.717, 1.165) is 30.5 Å². The molecule has 1 heterocycles. The molecule has 0 unspecified atom stereocenters. The average molecular weight is 317 g/mol. The van der Waals surface area contributed by atoms with Gasteiger partial charge in [0.05, 0.1) is 11.3 Å². The number of carboxylic acids is 1. The summed E-state index contributed by atoms with van der Waals surface area (Å²) >= 11 is 0. The van der Waals surface area contributed by atoms with Crippen molar-refractivity contribution in [1.29, 1.82) is 0 Å². The number of nitrogens with zero attached hydrogens (tertiary/aromatic N) is 1. The highest BCUT2D eigenvalue weighted by Gasteiger charge is 2.14. The molecular formula is C21H19NO2. The van der Waals surface area contributed by atoms with Crippen molar-refractivity contribution in [3.05, 3.63) is 89.6 Å². The lowest BCUT2D eigenvalue weighted by atomic mass is 9.96. The van der Waals surface area contributed by atoms with Crippen LogP contribution in [0.2, 0.25) is 0 Å². The van der Waals surface area contributed by atoms with Gasteiger partial charge >= 0.3 is 5.97 Å². The van der Waals surface area contributed by atoms with Crippen LogP contribution in [-0.4, -0.2) is 16.1 Å². The van der Waals surface area contributed by atoms with E-state index in [0.29, 0.717) is 11.1 Å². The van der Waals surface area contributed by atoms with Gasteiger partial charge in [-0.3, -0.25) is 4.98 Å². The maximum Gasteiger partial charge on any atom is 0.336 e. The second-order valence-corrected chi connectivity index (χ2v) is 5.70. The normalized spacial score (nSPS) is 10.5. The van der Waals surface area contributed by atoms with Crippen LogP contribution in [0.25, 0.3) is 11.3 Å². The molecule has 1 N–H and O–H groups in total. The van der Waals surface area contributed by atoms with Crippen molar-refractivity contribution < 1.29 is 9.90 Å². The van der Waals surface area contributed by atoms with Crippen LogP contribution in [0.15, 0.2) is 72.9 Å². The predicted octanol–water partition coefficient (Wildman–Crippen LogP) is 4.62. The predicted molar refractivity (Wildman–Crippen MR) is 95.1 cm³/mol. The number of benzene rings is 2. The Labute approximate surface area is 141 Å². The third-order valence-electron chi connectivity index (χ3n) is 4.06. The summed E-state index contributed by atoms with van der Waals surface area (Å²) in [4.78, 5) is 15.9. The third kappa shape index (κ3) is 3.69. The average Bonchev–Trinajstić information content (AvgIpc) is 2.63. The first-order chi connectivity index (χ1) is 11.8. The Morgan fingerprint density at radius 3 is 2.42 bits per heavy atom. The van der Waals surface area contributed by atoms with E-state index >= 15 is 0 Å². The molecule has 0 fully saturated rings. The van der Waals surface area contributed by atoms with Crippen LogP contribution in [0.3, 0.4) is 0 Å². The number of hydrogen-bond donors (Lipinski definition) is 1. The fraction of sp³-hybridized carbons (Fsp3) is 0.143. The summed E-state index contributed by atoms with van der Waals surface area (Å²) in [5, 5.41) is 9.41. The first-order valence-electron chi connectivity index (χ1n) is 8.06. The molecular weight excluding hydrogens is 298 g/mol. The Balaban J connectivity index is 1.82. The van der Waals surface area contributed by atoms with Crippen LogP contribution in [0.1, 0.15) is 27.9 Å². The topological polar surface area (TPSA) is 50.2 Å². The van der Waals surface area contributed by atoms with Gasteiger partial charge in [-0.25, -0.2) is 4.79 Å². The quantitative estimate of drug-likeness (QED) is 0.721. The first kappa shape index (κ1) is 15.9. The highest BCUT2D eigenvalue weighted by atomic mass is 16.4. The summed E-state index contributed by atoms with van der Waals surface area (Å²) in [6.07, 6.45) is 4.58. The van der Waals surface area contributed by atoms with Crippen LogP contribution < -0.4 is 0 Å². The fourth-order valence-electron chi connectivity index (χ4n) is 2.89. The van der Waals surface area contributed by atoms with Crippen molar-refractivity contribution in [3.63, 3.8) is 0 Å². The summed E-state index contributed by atoms with van der Waals surface area (Å²) in [6, 6.07) is 21.4. The van der Waals surface area contributed by atoms with E-state index in [1.807, 2.05) is 42.5 Å². The zero-order valence-electron chi connectivity index (χ0n) is 13.4. The molecule has 0 aliphatic carbocycles. The molecule has 0 radical (unpaired) electrons. The summed E-state index contributed by atoms with van der Waals surface area (Å²) in [5.74, 6) is -0.925. The van der Waals surface area contributed by atoms with Crippen molar-refractivity contribution in [3.8, 4) is 11.3 Å². The van der Waals surface area contributed by atoms with Crippen molar-refractivity contribution in [1.82, 2.24) is 4.98 Å². The molecule has 3 aromatic rings. The van der Waals surface area contributed by atoms with E-state index in [4.69, 9.17) is 0 Å². The number of hydrogen-bond acceptors (Lipinski definition) is 2. The molecule has 3 nitrogen and oxygen atoms in total. The molecule has 3 rings (SSSR count). The third-order valence-corrected chi connectivity index (χ3v) is 4.06. The molecule has 0 saturated carbocycles. The molecule has 0 bridgehead atoms. The largest absolute Gasteiger partial charge is 0.478 e. The summed E-state index contributed by atoms with van der Waals surface area (Å²) in [7, 11) is 0. The van der Waals surface area contributed by atoms with Gasteiger partial charge in [0.15, 0.2) is 0 Å². The SMILES string of the molecule is O=C(O)c1ccccc1-c1ncccc1CCCc1ccccc1. The minimum Gasteiger partial charge on any atom is -0.478 e. The number of aromatic nitrogens is 1. The maximum absolute atomic E-state index is 11.5. The minimum atomic E-state index is -0.925. The zero-order chi connectivity index (χ0) is 16.8. The van der Waals surface area contributed by atoms with E-state index < -0.39 is 5.97 Å². The molecule has 0 aliphatic rings. The second kappa shape index (κ2) is 7.55. The highest BCUT2D eigenvalue weighted by Crippen LogP contribution is 2.26. The molecule has 0 amide bonds. The van der Waals surface area contributed by atoms with Crippen LogP contribution in [0.4, 0.5) is 0 Å². The van der Waals surface area contributed by atoms with Gasteiger partial charge in [-0.15, -0.1) is 0 Å². The van der Waals surface area contributed by atoms with Crippen molar-refractivity contribution in [2.24, 2.45) is 0 Å². The summed E-state index contributed by atoms with van der Waals surface area (Å²) in [6.45, 7) is 0. The Morgan fingerprint density at radius 2 is 1.62 bits per heavy atom. The number of aromatic carboxylic acids is 1. The summed E-state index contributed by atoms with van der Waals surface area (Å²) < 4.78 is 0. The molecule has 24 heavy (non-hydrogen) atoms. The standard InChI is InChI=1S/C21H19NO2/c23-21(24)19-14-5-4-13-18(19)20-17(12-7-15-22-20)11-6-10-16-8-2-1-3-9-16/h1-5,7-9,12-15H,6,10-11H2,(H,23,24). The van der Waals surface area contributed by atoms with E-state index in [1.165, 1.54) is 5.56 Å². The van der Waals surface area contributed by atoms with Crippen LogP contribution >= 0.6 is 0 Å². The van der Waals surface area contributed by atoms with Crippen LogP contribution in [0, 0.1) is 0 Å². The lowest BCUT2D eigenvalue weighted by molar-refractivity contribution is 0.0697. The number of carboxylic acid groups (broad SMARTS) is 1. The minimum absolute atomic E-state index is 0.292. The van der Waals surface area contributed by atoms with Gasteiger partial charge < -0.3 is 5.11 Å². The highest BCUT2D eigenvalue weighted by molar-refractivity contribution is 5.95. The van der Waals surface area contributed by atoms with E-state index in [1.54, 1.807) is 18.3 Å². The molecule has 1 aromatic heterocycles. The van der Waals surface area contributed by atoms with Crippen molar-refractivity contribution >= 4 is 5.97 Å². The van der Waals surface area contributed by atoms with E-state index in [9.17, 15) is 9.90 Å². The van der Waals surface area contributed by atoms with Crippen molar-refractivity contribution in [2.75, 3.05) is 0 Å². The lowest BCUT2D eigenvalue weighted by Gasteiger charge is -2.11. The molecule has 0 atom stereocenters. The molecule has 2 aromatic carbocycles. The Morgan fingerprint density at radius 1 is 0.875 bits per heavy atom. The van der Waals surface area contributed by atoms with Gasteiger partial charge in [-0.1, -0.05) is 54.6 Å². The molecule has 0 spiro atoms. The number of pyridine rings is 1. The van der Waals surface area contributed by atoms with Crippen molar-refractivity contribution in [2.45, 2.75) is 19.3 Å². The first-order valence-corrected chi connectivity index (χ1v) is 8.06. The Bertz CT molecular complexity index is 828. The lowest BCUT2D eigenvalue weighted by Crippen LogP contribution is -2.02. The summed E-state index contributed by atoms with van der Waals surface area (Å²) in [5.41, 5.74) is 4.14. The molecule has 3 heteroatoms.